The van der Waals surface area contributed by atoms with Crippen molar-refractivity contribution in [1.29, 1.82) is 0 Å². The molecule has 0 aliphatic heterocycles. The molecule has 0 radical (unpaired) electrons. The maximum Gasteiger partial charge on any atom is 0.141 e. The van der Waals surface area contributed by atoms with E-state index in [0.29, 0.717) is 13.0 Å². The van der Waals surface area contributed by atoms with Crippen LogP contribution in [0.2, 0.25) is 5.02 Å². The molecule has 0 spiro atoms. The normalized spacial score (nSPS) is 12.7. The number of nitrogens with two attached hydrogens (primary N) is 1. The van der Waals surface area contributed by atoms with Gasteiger partial charge in [0, 0.05) is 19.3 Å². The SMILES string of the molecule is CCCCOCCC(N)c1ccc(F)c(Cl)c1. The zero-order valence-electron chi connectivity index (χ0n) is 10.1. The van der Waals surface area contributed by atoms with Crippen LogP contribution in [0.3, 0.4) is 0 Å². The molecule has 2 N–H and O–H groups in total. The van der Waals surface area contributed by atoms with Crippen LogP contribution in [0.25, 0.3) is 0 Å². The van der Waals surface area contributed by atoms with Crippen molar-refractivity contribution in [3.63, 3.8) is 0 Å². The molecule has 0 aliphatic rings. The third-order valence-corrected chi connectivity index (χ3v) is 2.88. The Morgan fingerprint density at radius 2 is 2.18 bits per heavy atom. The first-order valence-electron chi connectivity index (χ1n) is 5.93. The molecule has 0 amide bonds. The number of hydrogen-bond acceptors (Lipinski definition) is 2. The zero-order chi connectivity index (χ0) is 12.7. The smallest absolute Gasteiger partial charge is 0.141 e. The van der Waals surface area contributed by atoms with Gasteiger partial charge in [0.15, 0.2) is 0 Å². The second-order valence-electron chi connectivity index (χ2n) is 4.03. The summed E-state index contributed by atoms with van der Waals surface area (Å²) in [6.07, 6.45) is 2.91. The van der Waals surface area contributed by atoms with E-state index in [4.69, 9.17) is 22.1 Å². The lowest BCUT2D eigenvalue weighted by atomic mass is 10.1. The average Bonchev–Trinajstić information content (AvgIpc) is 2.32. The Hall–Kier alpha value is -0.640. The zero-order valence-corrected chi connectivity index (χ0v) is 10.8. The van der Waals surface area contributed by atoms with Gasteiger partial charge in [-0.1, -0.05) is 31.0 Å². The molecule has 0 saturated heterocycles. The molecule has 2 nitrogen and oxygen atoms in total. The van der Waals surface area contributed by atoms with E-state index in [1.165, 1.54) is 6.07 Å². The van der Waals surface area contributed by atoms with Crippen molar-refractivity contribution in [1.82, 2.24) is 0 Å². The quantitative estimate of drug-likeness (QED) is 0.758. The van der Waals surface area contributed by atoms with Crippen molar-refractivity contribution >= 4 is 11.6 Å². The lowest BCUT2D eigenvalue weighted by molar-refractivity contribution is 0.124. The monoisotopic (exact) mass is 259 g/mol. The molecule has 0 aromatic heterocycles. The van der Waals surface area contributed by atoms with E-state index in [0.717, 1.165) is 25.0 Å². The number of ether oxygens (including phenoxy) is 1. The van der Waals surface area contributed by atoms with Gasteiger partial charge in [-0.25, -0.2) is 4.39 Å². The highest BCUT2D eigenvalue weighted by molar-refractivity contribution is 6.30. The Labute approximate surface area is 107 Å². The van der Waals surface area contributed by atoms with E-state index in [1.807, 2.05) is 0 Å². The Morgan fingerprint density at radius 1 is 1.41 bits per heavy atom. The van der Waals surface area contributed by atoms with Gasteiger partial charge in [-0.3, -0.25) is 0 Å². The number of hydrogen-bond donors (Lipinski definition) is 1. The first-order chi connectivity index (χ1) is 8.15. The predicted octanol–water partition coefficient (Wildman–Crippen LogP) is 3.69. The van der Waals surface area contributed by atoms with E-state index in [1.54, 1.807) is 12.1 Å². The highest BCUT2D eigenvalue weighted by atomic mass is 35.5. The van der Waals surface area contributed by atoms with Gasteiger partial charge < -0.3 is 10.5 Å². The molecule has 0 fully saturated rings. The van der Waals surface area contributed by atoms with Crippen molar-refractivity contribution in [2.45, 2.75) is 32.2 Å². The summed E-state index contributed by atoms with van der Waals surface area (Å²) in [4.78, 5) is 0. The van der Waals surface area contributed by atoms with Gasteiger partial charge in [-0.05, 0) is 30.5 Å². The van der Waals surface area contributed by atoms with Gasteiger partial charge in [-0.15, -0.1) is 0 Å². The molecule has 0 heterocycles. The lowest BCUT2D eigenvalue weighted by Crippen LogP contribution is -2.13. The predicted molar refractivity (Wildman–Crippen MR) is 68.7 cm³/mol. The summed E-state index contributed by atoms with van der Waals surface area (Å²) in [6.45, 7) is 3.51. The molecule has 1 aromatic rings. The molecular formula is C13H19ClFNO. The van der Waals surface area contributed by atoms with E-state index in [2.05, 4.69) is 6.92 Å². The van der Waals surface area contributed by atoms with Gasteiger partial charge in [0.25, 0.3) is 0 Å². The Bertz CT molecular complexity index is 346. The molecule has 4 heteroatoms. The number of halogens is 2. The fraction of sp³-hybridized carbons (Fsp3) is 0.538. The van der Waals surface area contributed by atoms with Crippen molar-refractivity contribution in [3.05, 3.63) is 34.6 Å². The molecule has 0 bridgehead atoms. The summed E-state index contributed by atoms with van der Waals surface area (Å²) in [5.41, 5.74) is 6.81. The standard InChI is InChI=1S/C13H19ClFNO/c1-2-3-7-17-8-6-13(16)10-4-5-12(15)11(14)9-10/h4-5,9,13H,2-3,6-8,16H2,1H3. The van der Waals surface area contributed by atoms with Crippen LogP contribution in [0, 0.1) is 5.82 Å². The lowest BCUT2D eigenvalue weighted by Gasteiger charge is -2.12. The van der Waals surface area contributed by atoms with Crippen molar-refractivity contribution in [2.75, 3.05) is 13.2 Å². The minimum Gasteiger partial charge on any atom is -0.381 e. The van der Waals surface area contributed by atoms with Crippen LogP contribution in [0.4, 0.5) is 4.39 Å². The van der Waals surface area contributed by atoms with Crippen molar-refractivity contribution < 1.29 is 9.13 Å². The van der Waals surface area contributed by atoms with Gasteiger partial charge >= 0.3 is 0 Å². The molecule has 17 heavy (non-hydrogen) atoms. The molecule has 1 atom stereocenters. The number of rotatable bonds is 7. The van der Waals surface area contributed by atoms with Gasteiger partial charge in [-0.2, -0.15) is 0 Å². The van der Waals surface area contributed by atoms with E-state index >= 15 is 0 Å². The first kappa shape index (κ1) is 14.4. The van der Waals surface area contributed by atoms with E-state index in [-0.39, 0.29) is 11.1 Å². The minimum atomic E-state index is -0.415. The Morgan fingerprint density at radius 3 is 2.82 bits per heavy atom. The first-order valence-corrected chi connectivity index (χ1v) is 6.31. The van der Waals surface area contributed by atoms with Crippen LogP contribution in [0.5, 0.6) is 0 Å². The summed E-state index contributed by atoms with van der Waals surface area (Å²) >= 11 is 5.70. The maximum absolute atomic E-state index is 13.0. The fourth-order valence-corrected chi connectivity index (χ4v) is 1.66. The van der Waals surface area contributed by atoms with Crippen LogP contribution in [-0.2, 0) is 4.74 Å². The van der Waals surface area contributed by atoms with E-state index < -0.39 is 5.82 Å². The molecule has 1 aromatic carbocycles. The summed E-state index contributed by atoms with van der Waals surface area (Å²) in [7, 11) is 0. The van der Waals surface area contributed by atoms with Crippen LogP contribution >= 0.6 is 11.6 Å². The molecule has 1 unspecified atom stereocenters. The second-order valence-corrected chi connectivity index (χ2v) is 4.44. The third-order valence-electron chi connectivity index (χ3n) is 2.59. The fourth-order valence-electron chi connectivity index (χ4n) is 1.47. The number of benzene rings is 1. The van der Waals surface area contributed by atoms with E-state index in [9.17, 15) is 4.39 Å². The van der Waals surface area contributed by atoms with Gasteiger partial charge in [0.05, 0.1) is 5.02 Å². The van der Waals surface area contributed by atoms with Crippen molar-refractivity contribution in [3.8, 4) is 0 Å². The van der Waals surface area contributed by atoms with Crippen molar-refractivity contribution in [2.24, 2.45) is 5.73 Å². The average molecular weight is 260 g/mol. The number of unbranched alkanes of at least 4 members (excludes halogenated alkanes) is 1. The largest absolute Gasteiger partial charge is 0.381 e. The van der Waals surface area contributed by atoms with Gasteiger partial charge in [0.1, 0.15) is 5.82 Å². The molecule has 96 valence electrons. The molecule has 0 aliphatic carbocycles. The molecule has 0 saturated carbocycles. The van der Waals surface area contributed by atoms with Crippen LogP contribution in [0.1, 0.15) is 37.8 Å². The van der Waals surface area contributed by atoms with Crippen LogP contribution in [-0.4, -0.2) is 13.2 Å². The summed E-state index contributed by atoms with van der Waals surface area (Å²) in [5, 5.41) is 0.116. The van der Waals surface area contributed by atoms with Gasteiger partial charge in [0.2, 0.25) is 0 Å². The molecule has 1 rings (SSSR count). The summed E-state index contributed by atoms with van der Waals surface area (Å²) < 4.78 is 18.4. The topological polar surface area (TPSA) is 35.2 Å². The minimum absolute atomic E-state index is 0.116. The Balaban J connectivity index is 2.36. The van der Waals surface area contributed by atoms with Crippen LogP contribution < -0.4 is 5.73 Å². The maximum atomic E-state index is 13.0. The van der Waals surface area contributed by atoms with Crippen LogP contribution in [0.15, 0.2) is 18.2 Å². The second kappa shape index (κ2) is 7.64. The highest BCUT2D eigenvalue weighted by Gasteiger charge is 2.08. The Kier molecular flexibility index (Phi) is 6.48. The summed E-state index contributed by atoms with van der Waals surface area (Å²) in [5.74, 6) is -0.415. The highest BCUT2D eigenvalue weighted by Crippen LogP contribution is 2.21. The third kappa shape index (κ3) is 5.02. The summed E-state index contributed by atoms with van der Waals surface area (Å²) in [6, 6.07) is 4.43. The molecular weight excluding hydrogens is 241 g/mol.